The zero-order valence-corrected chi connectivity index (χ0v) is 14.2. The summed E-state index contributed by atoms with van der Waals surface area (Å²) in [7, 11) is -3.42. The van der Waals surface area contributed by atoms with Crippen molar-refractivity contribution < 1.29 is 17.2 Å². The molecule has 5 nitrogen and oxygen atoms in total. The minimum Gasteiger partial charge on any atom is -0.356 e. The van der Waals surface area contributed by atoms with E-state index in [2.05, 4.69) is 4.98 Å². The molecule has 2 saturated heterocycles. The van der Waals surface area contributed by atoms with E-state index < -0.39 is 27.8 Å². The number of halogens is 2. The molecular weight excluding hydrogens is 336 g/mol. The van der Waals surface area contributed by atoms with Gasteiger partial charge in [0.25, 0.3) is 5.92 Å². The van der Waals surface area contributed by atoms with Crippen LogP contribution in [-0.4, -0.2) is 55.1 Å². The van der Waals surface area contributed by atoms with Crippen molar-refractivity contribution in [3.63, 3.8) is 0 Å². The van der Waals surface area contributed by atoms with E-state index in [0.717, 1.165) is 0 Å². The summed E-state index contributed by atoms with van der Waals surface area (Å²) in [6.07, 6.45) is 2.84. The van der Waals surface area contributed by atoms with E-state index in [9.17, 15) is 17.2 Å². The van der Waals surface area contributed by atoms with Gasteiger partial charge in [0.15, 0.2) is 0 Å². The van der Waals surface area contributed by atoms with Crippen molar-refractivity contribution in [1.82, 2.24) is 9.29 Å². The Kier molecular flexibility index (Phi) is 3.62. The number of aromatic nitrogens is 1. The third kappa shape index (κ3) is 2.50. The van der Waals surface area contributed by atoms with Crippen LogP contribution in [-0.2, 0) is 10.0 Å². The van der Waals surface area contributed by atoms with Crippen LogP contribution < -0.4 is 4.90 Å². The maximum absolute atomic E-state index is 14.8. The fourth-order valence-corrected chi connectivity index (χ4v) is 5.82. The lowest BCUT2D eigenvalue weighted by Gasteiger charge is -2.45. The van der Waals surface area contributed by atoms with Crippen LogP contribution >= 0.6 is 0 Å². The second-order valence-corrected chi connectivity index (χ2v) is 9.39. The van der Waals surface area contributed by atoms with E-state index in [1.54, 1.807) is 18.3 Å². The highest BCUT2D eigenvalue weighted by molar-refractivity contribution is 7.90. The molecule has 0 radical (unpaired) electrons. The van der Waals surface area contributed by atoms with Gasteiger partial charge in [-0.2, -0.15) is 0 Å². The van der Waals surface area contributed by atoms with Gasteiger partial charge in [0.2, 0.25) is 10.0 Å². The molecule has 0 amide bonds. The zero-order chi connectivity index (χ0) is 17.0. The quantitative estimate of drug-likeness (QED) is 0.831. The Bertz CT molecular complexity index is 724. The molecular formula is C16H21F2N3O2S. The molecule has 3 heterocycles. The van der Waals surface area contributed by atoms with E-state index in [1.807, 2.05) is 11.0 Å². The van der Waals surface area contributed by atoms with Crippen LogP contribution in [0.3, 0.4) is 0 Å². The van der Waals surface area contributed by atoms with Crippen LogP contribution in [0.15, 0.2) is 24.4 Å². The molecule has 1 aromatic rings. The minimum absolute atomic E-state index is 0.0723. The first-order valence-corrected chi connectivity index (χ1v) is 9.87. The van der Waals surface area contributed by atoms with Crippen molar-refractivity contribution in [2.24, 2.45) is 5.41 Å². The highest BCUT2D eigenvalue weighted by atomic mass is 32.2. The standard InChI is InChI=1S/C16H21F2N3O2S/c17-16(18)7-10-21(24(22,23)13-4-5-13)12-15(16)6-9-20(11-15)14-3-1-2-8-19-14/h1-3,8,13H,4-7,9-12H2/t15-/m0/s1. The highest BCUT2D eigenvalue weighted by Gasteiger charge is 2.61. The number of alkyl halides is 2. The monoisotopic (exact) mass is 357 g/mol. The third-order valence-corrected chi connectivity index (χ3v) is 7.91. The number of hydrogen-bond donors (Lipinski definition) is 0. The van der Waals surface area contributed by atoms with E-state index in [1.165, 1.54) is 4.31 Å². The van der Waals surface area contributed by atoms with Gasteiger partial charge in [-0.15, -0.1) is 0 Å². The average molecular weight is 357 g/mol. The molecule has 0 aromatic carbocycles. The number of rotatable bonds is 3. The molecule has 2 aliphatic heterocycles. The van der Waals surface area contributed by atoms with Gasteiger partial charge >= 0.3 is 0 Å². The lowest BCUT2D eigenvalue weighted by Crippen LogP contribution is -2.58. The molecule has 1 spiro atoms. The van der Waals surface area contributed by atoms with E-state index in [-0.39, 0.29) is 31.3 Å². The SMILES string of the molecule is O=S(=O)(C1CC1)N1CCC(F)(F)[C@]2(CCN(c3ccccn3)C2)C1. The summed E-state index contributed by atoms with van der Waals surface area (Å²) in [5, 5.41) is -0.352. The smallest absolute Gasteiger partial charge is 0.257 e. The molecule has 3 aliphatic rings. The van der Waals surface area contributed by atoms with Gasteiger partial charge in [-0.05, 0) is 31.4 Å². The lowest BCUT2D eigenvalue weighted by molar-refractivity contribution is -0.145. The largest absolute Gasteiger partial charge is 0.356 e. The molecule has 8 heteroatoms. The Labute approximate surface area is 140 Å². The van der Waals surface area contributed by atoms with Crippen LogP contribution in [0.4, 0.5) is 14.6 Å². The number of sulfonamides is 1. The molecule has 3 fully saturated rings. The first-order valence-electron chi connectivity index (χ1n) is 8.37. The van der Waals surface area contributed by atoms with Crippen LogP contribution in [0.2, 0.25) is 0 Å². The van der Waals surface area contributed by atoms with Crippen LogP contribution in [0.25, 0.3) is 0 Å². The molecule has 1 aliphatic carbocycles. The Morgan fingerprint density at radius 2 is 1.92 bits per heavy atom. The minimum atomic E-state index is -3.42. The van der Waals surface area contributed by atoms with Gasteiger partial charge in [0.05, 0.1) is 10.7 Å². The van der Waals surface area contributed by atoms with Crippen LogP contribution in [0, 0.1) is 5.41 Å². The molecule has 1 atom stereocenters. The molecule has 0 unspecified atom stereocenters. The average Bonchev–Trinajstić information content (AvgIpc) is 3.33. The Hall–Kier alpha value is -1.28. The Morgan fingerprint density at radius 3 is 2.58 bits per heavy atom. The summed E-state index contributed by atoms with van der Waals surface area (Å²) < 4.78 is 55.9. The summed E-state index contributed by atoms with van der Waals surface area (Å²) in [5.41, 5.74) is -1.31. The van der Waals surface area contributed by atoms with Crippen LogP contribution in [0.5, 0.6) is 0 Å². The number of nitrogens with zero attached hydrogens (tertiary/aromatic N) is 3. The number of anilines is 1. The van der Waals surface area contributed by atoms with Gasteiger partial charge in [0, 0.05) is 38.8 Å². The molecule has 0 bridgehead atoms. The van der Waals surface area contributed by atoms with Gasteiger partial charge in [-0.1, -0.05) is 6.07 Å². The van der Waals surface area contributed by atoms with Crippen molar-refractivity contribution in [3.8, 4) is 0 Å². The van der Waals surface area contributed by atoms with E-state index in [0.29, 0.717) is 25.2 Å². The number of pyridine rings is 1. The van der Waals surface area contributed by atoms with Crippen molar-refractivity contribution in [2.45, 2.75) is 36.9 Å². The molecule has 4 rings (SSSR count). The van der Waals surface area contributed by atoms with Crippen LogP contribution in [0.1, 0.15) is 25.7 Å². The maximum Gasteiger partial charge on any atom is 0.257 e. The van der Waals surface area contributed by atoms with Gasteiger partial charge in [-0.25, -0.2) is 26.5 Å². The van der Waals surface area contributed by atoms with Crippen molar-refractivity contribution in [1.29, 1.82) is 0 Å². The fraction of sp³-hybridized carbons (Fsp3) is 0.688. The first-order chi connectivity index (χ1) is 11.3. The predicted molar refractivity (Wildman–Crippen MR) is 86.6 cm³/mol. The second-order valence-electron chi connectivity index (χ2n) is 7.17. The molecule has 1 aromatic heterocycles. The highest BCUT2D eigenvalue weighted by Crippen LogP contribution is 2.51. The maximum atomic E-state index is 14.8. The van der Waals surface area contributed by atoms with Gasteiger partial charge in [-0.3, -0.25) is 0 Å². The molecule has 132 valence electrons. The summed E-state index contributed by atoms with van der Waals surface area (Å²) in [6, 6.07) is 5.42. The normalized spacial score (nSPS) is 30.8. The molecule has 0 N–H and O–H groups in total. The number of hydrogen-bond acceptors (Lipinski definition) is 4. The summed E-state index contributed by atoms with van der Waals surface area (Å²) in [4.78, 5) is 6.09. The topological polar surface area (TPSA) is 53.5 Å². The number of piperidine rings is 1. The second kappa shape index (κ2) is 5.36. The summed E-state index contributed by atoms with van der Waals surface area (Å²) in [6.45, 7) is 0.469. The van der Waals surface area contributed by atoms with E-state index >= 15 is 0 Å². The van der Waals surface area contributed by atoms with E-state index in [4.69, 9.17) is 0 Å². The van der Waals surface area contributed by atoms with Gasteiger partial charge in [0.1, 0.15) is 5.82 Å². The Morgan fingerprint density at radius 1 is 1.12 bits per heavy atom. The molecule has 24 heavy (non-hydrogen) atoms. The first kappa shape index (κ1) is 16.2. The molecule has 1 saturated carbocycles. The van der Waals surface area contributed by atoms with Gasteiger partial charge < -0.3 is 4.90 Å². The fourth-order valence-electron chi connectivity index (χ4n) is 3.89. The summed E-state index contributed by atoms with van der Waals surface area (Å²) in [5.74, 6) is -2.18. The lowest BCUT2D eigenvalue weighted by atomic mass is 9.76. The third-order valence-electron chi connectivity index (χ3n) is 5.56. The van der Waals surface area contributed by atoms with Crippen molar-refractivity contribution in [2.75, 3.05) is 31.1 Å². The predicted octanol–water partition coefficient (Wildman–Crippen LogP) is 2.11. The zero-order valence-electron chi connectivity index (χ0n) is 13.4. The summed E-state index contributed by atoms with van der Waals surface area (Å²) >= 11 is 0. The van der Waals surface area contributed by atoms with Crippen molar-refractivity contribution >= 4 is 15.8 Å². The Balaban J connectivity index is 1.60. The van der Waals surface area contributed by atoms with Crippen molar-refractivity contribution in [3.05, 3.63) is 24.4 Å².